The Hall–Kier alpha value is -2.57. The molecule has 0 radical (unpaired) electrons. The Morgan fingerprint density at radius 2 is 1.48 bits per heavy atom. The SMILES string of the molecule is CC(C)NC(=O)[C@H](Cc1ccccc1)N(Cc1ccc(Br)cc1)C(=O)CSc1ccccc1. The van der Waals surface area contributed by atoms with Gasteiger partial charge < -0.3 is 10.2 Å². The summed E-state index contributed by atoms with van der Waals surface area (Å²) in [7, 11) is 0. The average molecular weight is 526 g/mol. The molecule has 0 saturated carbocycles. The van der Waals surface area contributed by atoms with Crippen LogP contribution in [0, 0.1) is 0 Å². The molecule has 33 heavy (non-hydrogen) atoms. The number of halogens is 1. The van der Waals surface area contributed by atoms with Gasteiger partial charge in [0, 0.05) is 28.4 Å². The molecular formula is C27H29BrN2O2S. The number of hydrogen-bond donors (Lipinski definition) is 1. The fraction of sp³-hybridized carbons (Fsp3) is 0.259. The van der Waals surface area contributed by atoms with E-state index in [0.717, 1.165) is 20.5 Å². The standard InChI is InChI=1S/C27H29BrN2O2S/c1-20(2)29-27(32)25(17-21-9-5-3-6-10-21)30(18-22-13-15-23(28)16-14-22)26(31)19-33-24-11-7-4-8-12-24/h3-16,20,25H,17-19H2,1-2H3,(H,29,32)/t25-/m0/s1. The van der Waals surface area contributed by atoms with Crippen LogP contribution in [0.15, 0.2) is 94.3 Å². The molecule has 0 aliphatic carbocycles. The van der Waals surface area contributed by atoms with Gasteiger partial charge in [-0.05, 0) is 49.2 Å². The lowest BCUT2D eigenvalue weighted by Gasteiger charge is -2.32. The van der Waals surface area contributed by atoms with Crippen molar-refractivity contribution in [2.75, 3.05) is 5.75 Å². The minimum atomic E-state index is -0.609. The Balaban J connectivity index is 1.89. The summed E-state index contributed by atoms with van der Waals surface area (Å²) >= 11 is 4.96. The van der Waals surface area contributed by atoms with E-state index in [1.807, 2.05) is 98.8 Å². The van der Waals surface area contributed by atoms with Crippen molar-refractivity contribution in [1.82, 2.24) is 10.2 Å². The third kappa shape index (κ3) is 8.06. The maximum Gasteiger partial charge on any atom is 0.243 e. The van der Waals surface area contributed by atoms with E-state index in [1.165, 1.54) is 11.8 Å². The number of rotatable bonds is 10. The summed E-state index contributed by atoms with van der Waals surface area (Å²) in [6.07, 6.45) is 0.456. The van der Waals surface area contributed by atoms with Gasteiger partial charge in [0.15, 0.2) is 0 Å². The van der Waals surface area contributed by atoms with Crippen molar-refractivity contribution in [2.24, 2.45) is 0 Å². The highest BCUT2D eigenvalue weighted by atomic mass is 79.9. The van der Waals surface area contributed by atoms with E-state index in [1.54, 1.807) is 4.90 Å². The predicted octanol–water partition coefficient (Wildman–Crippen LogP) is 5.71. The number of carbonyl (C=O) groups excluding carboxylic acids is 2. The van der Waals surface area contributed by atoms with Crippen LogP contribution in [0.2, 0.25) is 0 Å². The summed E-state index contributed by atoms with van der Waals surface area (Å²) in [6.45, 7) is 4.23. The monoisotopic (exact) mass is 524 g/mol. The molecule has 0 fully saturated rings. The second-order valence-electron chi connectivity index (χ2n) is 8.12. The molecule has 0 aliphatic heterocycles. The normalized spacial score (nSPS) is 11.8. The van der Waals surface area contributed by atoms with E-state index in [2.05, 4.69) is 21.2 Å². The number of carbonyl (C=O) groups is 2. The zero-order valence-electron chi connectivity index (χ0n) is 18.9. The summed E-state index contributed by atoms with van der Waals surface area (Å²) in [4.78, 5) is 29.6. The molecule has 1 atom stereocenters. The van der Waals surface area contributed by atoms with Gasteiger partial charge in [-0.1, -0.05) is 76.6 Å². The fourth-order valence-corrected chi connectivity index (χ4v) is 4.54. The second-order valence-corrected chi connectivity index (χ2v) is 10.1. The van der Waals surface area contributed by atoms with Crippen LogP contribution in [0.3, 0.4) is 0 Å². The highest BCUT2D eigenvalue weighted by molar-refractivity contribution is 9.10. The Bertz CT molecular complexity index is 1030. The van der Waals surface area contributed by atoms with Crippen LogP contribution in [0.5, 0.6) is 0 Å². The number of nitrogens with zero attached hydrogens (tertiary/aromatic N) is 1. The van der Waals surface area contributed by atoms with Crippen LogP contribution in [0.4, 0.5) is 0 Å². The van der Waals surface area contributed by atoms with Crippen LogP contribution in [-0.2, 0) is 22.6 Å². The van der Waals surface area contributed by atoms with Gasteiger partial charge in [-0.25, -0.2) is 0 Å². The molecule has 3 rings (SSSR count). The van der Waals surface area contributed by atoms with E-state index >= 15 is 0 Å². The van der Waals surface area contributed by atoms with Gasteiger partial charge in [0.25, 0.3) is 0 Å². The first-order valence-electron chi connectivity index (χ1n) is 11.0. The molecule has 6 heteroatoms. The van der Waals surface area contributed by atoms with Crippen molar-refractivity contribution >= 4 is 39.5 Å². The van der Waals surface area contributed by atoms with Crippen LogP contribution in [-0.4, -0.2) is 34.6 Å². The molecular weight excluding hydrogens is 496 g/mol. The maximum absolute atomic E-state index is 13.5. The lowest BCUT2D eigenvalue weighted by atomic mass is 10.0. The Morgan fingerprint density at radius 3 is 2.09 bits per heavy atom. The molecule has 0 spiro atoms. The van der Waals surface area contributed by atoms with Crippen LogP contribution in [0.1, 0.15) is 25.0 Å². The first-order valence-corrected chi connectivity index (χ1v) is 12.8. The third-order valence-electron chi connectivity index (χ3n) is 5.07. The van der Waals surface area contributed by atoms with Crippen LogP contribution in [0.25, 0.3) is 0 Å². The molecule has 172 valence electrons. The highest BCUT2D eigenvalue weighted by Gasteiger charge is 2.30. The highest BCUT2D eigenvalue weighted by Crippen LogP contribution is 2.21. The molecule has 3 aromatic rings. The quantitative estimate of drug-likeness (QED) is 0.345. The summed E-state index contributed by atoms with van der Waals surface area (Å²) in [5.74, 6) is 0.0662. The summed E-state index contributed by atoms with van der Waals surface area (Å²) in [5.41, 5.74) is 2.00. The topological polar surface area (TPSA) is 49.4 Å². The molecule has 1 N–H and O–H groups in total. The van der Waals surface area contributed by atoms with Crippen molar-refractivity contribution in [1.29, 1.82) is 0 Å². The number of thioether (sulfide) groups is 1. The van der Waals surface area contributed by atoms with Gasteiger partial charge in [-0.15, -0.1) is 11.8 Å². The molecule has 0 saturated heterocycles. The molecule has 0 bridgehead atoms. The van der Waals surface area contributed by atoms with Crippen molar-refractivity contribution in [2.45, 2.75) is 43.8 Å². The van der Waals surface area contributed by atoms with Crippen molar-refractivity contribution in [3.8, 4) is 0 Å². The summed E-state index contributed by atoms with van der Waals surface area (Å²) in [6, 6.07) is 27.0. The van der Waals surface area contributed by atoms with Gasteiger partial charge in [0.1, 0.15) is 6.04 Å². The van der Waals surface area contributed by atoms with E-state index in [-0.39, 0.29) is 23.6 Å². The van der Waals surface area contributed by atoms with E-state index in [4.69, 9.17) is 0 Å². The lowest BCUT2D eigenvalue weighted by Crippen LogP contribution is -2.52. The first kappa shape index (κ1) is 25.1. The summed E-state index contributed by atoms with van der Waals surface area (Å²) in [5, 5.41) is 3.02. The zero-order chi connectivity index (χ0) is 23.6. The molecule has 0 unspecified atom stereocenters. The van der Waals surface area contributed by atoms with Gasteiger partial charge in [-0.3, -0.25) is 9.59 Å². The number of benzene rings is 3. The van der Waals surface area contributed by atoms with Crippen molar-refractivity contribution < 1.29 is 9.59 Å². The van der Waals surface area contributed by atoms with E-state index < -0.39 is 6.04 Å². The lowest BCUT2D eigenvalue weighted by molar-refractivity contribution is -0.139. The van der Waals surface area contributed by atoms with Gasteiger partial charge in [0.2, 0.25) is 11.8 Å². The Labute approximate surface area is 208 Å². The van der Waals surface area contributed by atoms with Crippen LogP contribution < -0.4 is 5.32 Å². The summed E-state index contributed by atoms with van der Waals surface area (Å²) < 4.78 is 0.974. The van der Waals surface area contributed by atoms with Gasteiger partial charge in [0.05, 0.1) is 5.75 Å². The molecule has 0 heterocycles. The predicted molar refractivity (Wildman–Crippen MR) is 139 cm³/mol. The second kappa shape index (κ2) is 12.6. The number of amides is 2. The number of hydrogen-bond acceptors (Lipinski definition) is 3. The largest absolute Gasteiger partial charge is 0.352 e. The first-order chi connectivity index (χ1) is 15.9. The van der Waals surface area contributed by atoms with Gasteiger partial charge in [-0.2, -0.15) is 0 Å². The molecule has 4 nitrogen and oxygen atoms in total. The molecule has 0 aromatic heterocycles. The minimum Gasteiger partial charge on any atom is -0.352 e. The van der Waals surface area contributed by atoms with Crippen molar-refractivity contribution in [3.63, 3.8) is 0 Å². The minimum absolute atomic E-state index is 0.0147. The fourth-order valence-electron chi connectivity index (χ4n) is 3.47. The Kier molecular flexibility index (Phi) is 9.58. The Morgan fingerprint density at radius 1 is 0.879 bits per heavy atom. The number of nitrogens with one attached hydrogen (secondary N) is 1. The molecule has 3 aromatic carbocycles. The smallest absolute Gasteiger partial charge is 0.243 e. The van der Waals surface area contributed by atoms with Crippen molar-refractivity contribution in [3.05, 3.63) is 101 Å². The average Bonchev–Trinajstić information content (AvgIpc) is 2.82. The van der Waals surface area contributed by atoms with E-state index in [0.29, 0.717) is 13.0 Å². The molecule has 2 amide bonds. The zero-order valence-corrected chi connectivity index (χ0v) is 21.3. The van der Waals surface area contributed by atoms with Crippen LogP contribution >= 0.6 is 27.7 Å². The molecule has 0 aliphatic rings. The maximum atomic E-state index is 13.5. The third-order valence-corrected chi connectivity index (χ3v) is 6.60. The van der Waals surface area contributed by atoms with E-state index in [9.17, 15) is 9.59 Å². The van der Waals surface area contributed by atoms with Gasteiger partial charge >= 0.3 is 0 Å².